The number of rotatable bonds is 5. The SMILES string of the molecule is CCC(=O)C(=O)NCC(=O)c1ccccc1. The molecule has 0 saturated heterocycles. The van der Waals surface area contributed by atoms with E-state index in [1.54, 1.807) is 37.3 Å². The zero-order valence-corrected chi connectivity index (χ0v) is 9.03. The Morgan fingerprint density at radius 1 is 1.12 bits per heavy atom. The average Bonchev–Trinajstić information content (AvgIpc) is 2.35. The molecule has 0 unspecified atom stereocenters. The molecule has 1 N–H and O–H groups in total. The van der Waals surface area contributed by atoms with E-state index < -0.39 is 11.7 Å². The van der Waals surface area contributed by atoms with Gasteiger partial charge >= 0.3 is 0 Å². The molecule has 0 spiro atoms. The minimum Gasteiger partial charge on any atom is -0.342 e. The molecule has 0 aliphatic carbocycles. The van der Waals surface area contributed by atoms with Crippen molar-refractivity contribution in [1.82, 2.24) is 5.32 Å². The van der Waals surface area contributed by atoms with Crippen molar-refractivity contribution in [2.24, 2.45) is 0 Å². The van der Waals surface area contributed by atoms with Crippen LogP contribution >= 0.6 is 0 Å². The second-order valence-corrected chi connectivity index (χ2v) is 3.25. The van der Waals surface area contributed by atoms with Crippen LogP contribution in [0.2, 0.25) is 0 Å². The van der Waals surface area contributed by atoms with Crippen molar-refractivity contribution in [3.05, 3.63) is 35.9 Å². The summed E-state index contributed by atoms with van der Waals surface area (Å²) >= 11 is 0. The van der Waals surface area contributed by atoms with Gasteiger partial charge in [-0.15, -0.1) is 0 Å². The topological polar surface area (TPSA) is 63.2 Å². The smallest absolute Gasteiger partial charge is 0.287 e. The molecule has 0 fully saturated rings. The van der Waals surface area contributed by atoms with Crippen molar-refractivity contribution in [3.63, 3.8) is 0 Å². The van der Waals surface area contributed by atoms with Gasteiger partial charge in [0.25, 0.3) is 5.91 Å². The molecule has 0 aromatic heterocycles. The molecule has 0 bridgehead atoms. The summed E-state index contributed by atoms with van der Waals surface area (Å²) < 4.78 is 0. The number of carbonyl (C=O) groups excluding carboxylic acids is 3. The third-order valence-electron chi connectivity index (χ3n) is 2.08. The van der Waals surface area contributed by atoms with E-state index in [2.05, 4.69) is 5.32 Å². The molecular formula is C12H13NO3. The Kier molecular flexibility index (Phi) is 4.39. The molecule has 0 radical (unpaired) electrons. The number of Topliss-reactive ketones (excluding diaryl/α,β-unsaturated/α-hetero) is 2. The second-order valence-electron chi connectivity index (χ2n) is 3.25. The van der Waals surface area contributed by atoms with Crippen LogP contribution in [0, 0.1) is 0 Å². The fourth-order valence-corrected chi connectivity index (χ4v) is 1.15. The van der Waals surface area contributed by atoms with E-state index >= 15 is 0 Å². The van der Waals surface area contributed by atoms with E-state index in [-0.39, 0.29) is 18.7 Å². The van der Waals surface area contributed by atoms with E-state index in [9.17, 15) is 14.4 Å². The number of amides is 1. The number of carbonyl (C=O) groups is 3. The summed E-state index contributed by atoms with van der Waals surface area (Å²) in [7, 11) is 0. The fraction of sp³-hybridized carbons (Fsp3) is 0.250. The van der Waals surface area contributed by atoms with Crippen LogP contribution in [-0.2, 0) is 9.59 Å². The van der Waals surface area contributed by atoms with Gasteiger partial charge in [0.05, 0.1) is 6.54 Å². The molecule has 1 rings (SSSR count). The summed E-state index contributed by atoms with van der Waals surface area (Å²) in [4.78, 5) is 33.6. The number of ketones is 2. The molecule has 16 heavy (non-hydrogen) atoms. The molecular weight excluding hydrogens is 206 g/mol. The minimum absolute atomic E-state index is 0.144. The zero-order valence-electron chi connectivity index (χ0n) is 9.03. The average molecular weight is 219 g/mol. The number of hydrogen-bond donors (Lipinski definition) is 1. The Balaban J connectivity index is 2.48. The molecule has 4 heteroatoms. The van der Waals surface area contributed by atoms with Gasteiger partial charge in [-0.25, -0.2) is 0 Å². The zero-order chi connectivity index (χ0) is 12.0. The summed E-state index contributed by atoms with van der Waals surface area (Å²) in [5.41, 5.74) is 0.520. The van der Waals surface area contributed by atoms with Gasteiger partial charge in [-0.2, -0.15) is 0 Å². The number of benzene rings is 1. The Labute approximate surface area is 93.7 Å². The molecule has 1 amide bonds. The monoisotopic (exact) mass is 219 g/mol. The van der Waals surface area contributed by atoms with Gasteiger partial charge in [0.2, 0.25) is 5.78 Å². The standard InChI is InChI=1S/C12H13NO3/c1-2-10(14)12(16)13-8-11(15)9-6-4-3-5-7-9/h3-7H,2,8H2,1H3,(H,13,16). The predicted molar refractivity (Wildman–Crippen MR) is 59.1 cm³/mol. The first-order valence-electron chi connectivity index (χ1n) is 5.04. The quantitative estimate of drug-likeness (QED) is 0.592. The van der Waals surface area contributed by atoms with Gasteiger partial charge in [-0.3, -0.25) is 14.4 Å². The molecule has 0 aliphatic rings. The molecule has 0 aliphatic heterocycles. The second kappa shape index (κ2) is 5.80. The lowest BCUT2D eigenvalue weighted by atomic mass is 10.1. The van der Waals surface area contributed by atoms with Gasteiger partial charge in [-0.1, -0.05) is 37.3 Å². The molecule has 1 aromatic carbocycles. The van der Waals surface area contributed by atoms with Gasteiger partial charge in [0.1, 0.15) is 0 Å². The van der Waals surface area contributed by atoms with Crippen LogP contribution in [0.3, 0.4) is 0 Å². The van der Waals surface area contributed by atoms with Crippen LogP contribution in [0.1, 0.15) is 23.7 Å². The summed E-state index contributed by atoms with van der Waals surface area (Å²) in [6.45, 7) is 1.45. The van der Waals surface area contributed by atoms with Gasteiger partial charge < -0.3 is 5.32 Å². The molecule has 0 atom stereocenters. The third-order valence-corrected chi connectivity index (χ3v) is 2.08. The van der Waals surface area contributed by atoms with Crippen molar-refractivity contribution in [1.29, 1.82) is 0 Å². The van der Waals surface area contributed by atoms with E-state index in [0.29, 0.717) is 5.56 Å². The highest BCUT2D eigenvalue weighted by Crippen LogP contribution is 1.98. The molecule has 1 aromatic rings. The lowest BCUT2D eigenvalue weighted by Gasteiger charge is -2.02. The van der Waals surface area contributed by atoms with Crippen LogP contribution < -0.4 is 5.32 Å². The maximum atomic E-state index is 11.5. The lowest BCUT2D eigenvalue weighted by molar-refractivity contribution is -0.137. The first-order valence-corrected chi connectivity index (χ1v) is 5.04. The van der Waals surface area contributed by atoms with Crippen LogP contribution in [0.25, 0.3) is 0 Å². The number of hydrogen-bond acceptors (Lipinski definition) is 3. The highest BCUT2D eigenvalue weighted by atomic mass is 16.2. The first-order chi connectivity index (χ1) is 7.65. The maximum Gasteiger partial charge on any atom is 0.287 e. The number of nitrogens with one attached hydrogen (secondary N) is 1. The van der Waals surface area contributed by atoms with Gasteiger partial charge in [-0.05, 0) is 0 Å². The first kappa shape index (κ1) is 12.1. The summed E-state index contributed by atoms with van der Waals surface area (Å²) in [6.07, 6.45) is 0.144. The Morgan fingerprint density at radius 2 is 1.75 bits per heavy atom. The molecule has 84 valence electrons. The molecule has 0 heterocycles. The van der Waals surface area contributed by atoms with Crippen LogP contribution in [0.5, 0.6) is 0 Å². The normalized spacial score (nSPS) is 9.56. The fourth-order valence-electron chi connectivity index (χ4n) is 1.15. The van der Waals surface area contributed by atoms with Gasteiger partial charge in [0.15, 0.2) is 5.78 Å². The van der Waals surface area contributed by atoms with Crippen molar-refractivity contribution in [3.8, 4) is 0 Å². The van der Waals surface area contributed by atoms with E-state index in [1.807, 2.05) is 0 Å². The summed E-state index contributed by atoms with van der Waals surface area (Å²) in [6, 6.07) is 8.61. The highest BCUT2D eigenvalue weighted by molar-refractivity contribution is 6.36. The van der Waals surface area contributed by atoms with Gasteiger partial charge in [0, 0.05) is 12.0 Å². The Morgan fingerprint density at radius 3 is 2.31 bits per heavy atom. The predicted octanol–water partition coefficient (Wildman–Crippen LogP) is 0.965. The highest BCUT2D eigenvalue weighted by Gasteiger charge is 2.12. The molecule has 0 saturated carbocycles. The van der Waals surface area contributed by atoms with E-state index in [4.69, 9.17) is 0 Å². The van der Waals surface area contributed by atoms with Crippen molar-refractivity contribution >= 4 is 17.5 Å². The Hall–Kier alpha value is -1.97. The third kappa shape index (κ3) is 3.31. The largest absolute Gasteiger partial charge is 0.342 e. The van der Waals surface area contributed by atoms with E-state index in [1.165, 1.54) is 0 Å². The lowest BCUT2D eigenvalue weighted by Crippen LogP contribution is -2.34. The van der Waals surface area contributed by atoms with Crippen molar-refractivity contribution in [2.75, 3.05) is 6.54 Å². The maximum absolute atomic E-state index is 11.5. The summed E-state index contributed by atoms with van der Waals surface area (Å²) in [5.74, 6) is -1.43. The van der Waals surface area contributed by atoms with Crippen LogP contribution in [0.15, 0.2) is 30.3 Å². The van der Waals surface area contributed by atoms with Crippen LogP contribution in [0.4, 0.5) is 0 Å². The minimum atomic E-state index is -0.702. The van der Waals surface area contributed by atoms with Crippen molar-refractivity contribution in [2.45, 2.75) is 13.3 Å². The van der Waals surface area contributed by atoms with Crippen molar-refractivity contribution < 1.29 is 14.4 Å². The Bertz CT molecular complexity index is 398. The van der Waals surface area contributed by atoms with E-state index in [0.717, 1.165) is 0 Å². The molecule has 4 nitrogen and oxygen atoms in total. The van der Waals surface area contributed by atoms with Crippen LogP contribution in [-0.4, -0.2) is 24.0 Å². The summed E-state index contributed by atoms with van der Waals surface area (Å²) in [5, 5.41) is 2.29.